The van der Waals surface area contributed by atoms with Crippen molar-refractivity contribution >= 4 is 18.0 Å². The van der Waals surface area contributed by atoms with Crippen LogP contribution in [0.1, 0.15) is 83.5 Å². The molecule has 2 saturated heterocycles. The summed E-state index contributed by atoms with van der Waals surface area (Å²) in [7, 11) is 2.11. The van der Waals surface area contributed by atoms with Crippen molar-refractivity contribution in [2.45, 2.75) is 95.1 Å². The fourth-order valence-corrected chi connectivity index (χ4v) is 6.36. The molecule has 10 nitrogen and oxygen atoms in total. The van der Waals surface area contributed by atoms with Crippen LogP contribution in [-0.4, -0.2) is 92.4 Å². The number of rotatable bonds is 7. The van der Waals surface area contributed by atoms with E-state index in [1.807, 2.05) is 4.90 Å². The number of guanidine groups is 1. The maximum absolute atomic E-state index is 13.8. The molecule has 2 aliphatic heterocycles. The number of likely N-dealkylation sites (tertiary alicyclic amines) is 1. The number of carbonyl (C=O) groups is 2. The summed E-state index contributed by atoms with van der Waals surface area (Å²) in [4.78, 5) is 35.9. The number of piperidine rings is 1. The van der Waals surface area contributed by atoms with Crippen molar-refractivity contribution in [3.05, 3.63) is 0 Å². The molecule has 2 saturated carbocycles. The number of carbonyl (C=O) groups excluding carboxylic acids is 2. The molecule has 4 fully saturated rings. The first-order valence-electron chi connectivity index (χ1n) is 15.2. The third kappa shape index (κ3) is 9.07. The van der Waals surface area contributed by atoms with Crippen LogP contribution in [0.15, 0.2) is 4.99 Å². The Morgan fingerprint density at radius 2 is 1.67 bits per heavy atom. The molecule has 0 unspecified atom stereocenters. The molecule has 0 aromatic carbocycles. The highest BCUT2D eigenvalue weighted by Gasteiger charge is 2.37. The maximum atomic E-state index is 13.8. The summed E-state index contributed by atoms with van der Waals surface area (Å²) in [5, 5.41) is 16.0. The quantitative estimate of drug-likeness (QED) is 0.372. The van der Waals surface area contributed by atoms with Crippen molar-refractivity contribution in [3.8, 4) is 6.07 Å². The summed E-state index contributed by atoms with van der Waals surface area (Å²) >= 11 is 0. The predicted octanol–water partition coefficient (Wildman–Crippen LogP) is 3.42. The Bertz CT molecular complexity index is 863. The summed E-state index contributed by atoms with van der Waals surface area (Å²) < 4.78 is 11.2. The van der Waals surface area contributed by atoms with E-state index in [-0.39, 0.29) is 5.91 Å². The lowest BCUT2D eigenvalue weighted by Gasteiger charge is -2.34. The van der Waals surface area contributed by atoms with Crippen LogP contribution < -0.4 is 10.6 Å². The molecule has 0 radical (unpaired) electrons. The Labute approximate surface area is 233 Å². The van der Waals surface area contributed by atoms with E-state index < -0.39 is 17.7 Å². The first-order chi connectivity index (χ1) is 19.0. The second-order valence-electron chi connectivity index (χ2n) is 12.0. The van der Waals surface area contributed by atoms with Crippen molar-refractivity contribution in [1.29, 1.82) is 5.26 Å². The minimum atomic E-state index is -0.824. The van der Waals surface area contributed by atoms with Gasteiger partial charge in [0.15, 0.2) is 0 Å². The topological polar surface area (TPSA) is 119 Å². The van der Waals surface area contributed by atoms with Gasteiger partial charge in [-0.1, -0.05) is 51.4 Å². The first-order valence-corrected chi connectivity index (χ1v) is 15.2. The number of hydrogen-bond donors (Lipinski definition) is 2. The summed E-state index contributed by atoms with van der Waals surface area (Å²) in [5.41, 5.74) is -0.824. The maximum Gasteiger partial charge on any atom is 0.413 e. The molecule has 4 rings (SSSR count). The lowest BCUT2D eigenvalue weighted by molar-refractivity contribution is -0.124. The average molecular weight is 545 g/mol. The van der Waals surface area contributed by atoms with E-state index in [9.17, 15) is 14.9 Å². The van der Waals surface area contributed by atoms with Gasteiger partial charge >= 0.3 is 6.09 Å². The highest BCUT2D eigenvalue weighted by molar-refractivity contribution is 5.96. The standard InChI is InChI=1S/C29H48N6O4/c1-34-14-10-24(11-15-34)21-39-28(37)32-27(35-16-18-38-19-17-35)31-25(20-23-8-4-2-5-9-23)26(36)33-29(22-30)12-6-3-7-13-29/h23-25H,2-21H2,1H3,(H,33,36)(H,31,32,37)/t25-/m0/s1. The van der Waals surface area contributed by atoms with E-state index in [0.29, 0.717) is 70.0 Å². The van der Waals surface area contributed by atoms with Crippen LogP contribution in [-0.2, 0) is 14.3 Å². The van der Waals surface area contributed by atoms with Crippen LogP contribution in [0.4, 0.5) is 4.79 Å². The number of nitriles is 1. The lowest BCUT2D eigenvalue weighted by atomic mass is 9.81. The van der Waals surface area contributed by atoms with Crippen molar-refractivity contribution in [2.75, 3.05) is 53.0 Å². The van der Waals surface area contributed by atoms with Crippen LogP contribution in [0.25, 0.3) is 0 Å². The number of nitrogens with zero attached hydrogens (tertiary/aromatic N) is 4. The van der Waals surface area contributed by atoms with Gasteiger partial charge in [0.05, 0.1) is 25.9 Å². The Hall–Kier alpha value is -2.38. The molecule has 2 amide bonds. The molecule has 10 heteroatoms. The van der Waals surface area contributed by atoms with Gasteiger partial charge in [0.25, 0.3) is 0 Å². The number of nitrogens with one attached hydrogen (secondary N) is 2. The molecule has 0 bridgehead atoms. The van der Waals surface area contributed by atoms with Gasteiger partial charge < -0.3 is 24.6 Å². The zero-order valence-electron chi connectivity index (χ0n) is 23.8. The Kier molecular flexibility index (Phi) is 11.3. The molecular weight excluding hydrogens is 496 g/mol. The third-order valence-electron chi connectivity index (χ3n) is 8.96. The van der Waals surface area contributed by atoms with E-state index in [1.54, 1.807) is 0 Å². The van der Waals surface area contributed by atoms with Gasteiger partial charge in [0.2, 0.25) is 11.9 Å². The molecule has 0 spiro atoms. The van der Waals surface area contributed by atoms with Gasteiger partial charge in [-0.05, 0) is 64.1 Å². The van der Waals surface area contributed by atoms with E-state index in [2.05, 4.69) is 28.7 Å². The summed E-state index contributed by atoms with van der Waals surface area (Å²) in [5.74, 6) is 0.928. The van der Waals surface area contributed by atoms with Gasteiger partial charge in [-0.3, -0.25) is 10.1 Å². The number of amides is 2. The van der Waals surface area contributed by atoms with Crippen LogP contribution >= 0.6 is 0 Å². The van der Waals surface area contributed by atoms with E-state index >= 15 is 0 Å². The largest absolute Gasteiger partial charge is 0.449 e. The molecule has 1 atom stereocenters. The van der Waals surface area contributed by atoms with Crippen LogP contribution in [0, 0.1) is 23.2 Å². The molecule has 39 heavy (non-hydrogen) atoms. The molecule has 2 heterocycles. The second kappa shape index (κ2) is 14.8. The third-order valence-corrected chi connectivity index (χ3v) is 8.96. The van der Waals surface area contributed by atoms with E-state index in [4.69, 9.17) is 14.5 Å². The number of morpholine rings is 1. The smallest absolute Gasteiger partial charge is 0.413 e. The average Bonchev–Trinajstić information content (AvgIpc) is 2.97. The highest BCUT2D eigenvalue weighted by Crippen LogP contribution is 2.30. The van der Waals surface area contributed by atoms with E-state index in [0.717, 1.165) is 58.0 Å². The van der Waals surface area contributed by atoms with E-state index in [1.165, 1.54) is 19.3 Å². The number of alkyl carbamates (subject to hydrolysis) is 1. The molecule has 218 valence electrons. The summed E-state index contributed by atoms with van der Waals surface area (Å²) in [6.45, 7) is 4.62. The van der Waals surface area contributed by atoms with Crippen molar-refractivity contribution in [3.63, 3.8) is 0 Å². The second-order valence-corrected chi connectivity index (χ2v) is 12.0. The SMILES string of the molecule is CN1CCC(COC(=O)NC(=N[C@@H](CC2CCCCC2)C(=O)NC2(C#N)CCCCC2)N2CCOCC2)CC1. The Balaban J connectivity index is 1.49. The monoisotopic (exact) mass is 544 g/mol. The fourth-order valence-electron chi connectivity index (χ4n) is 6.36. The summed E-state index contributed by atoms with van der Waals surface area (Å²) in [6.07, 6.45) is 12.2. The van der Waals surface area contributed by atoms with Gasteiger partial charge in [-0.25, -0.2) is 9.79 Å². The minimum Gasteiger partial charge on any atom is -0.449 e. The number of aliphatic imine (C=N–C) groups is 1. The van der Waals surface area contributed by atoms with Crippen LogP contribution in [0.3, 0.4) is 0 Å². The lowest BCUT2D eigenvalue weighted by Crippen LogP contribution is -2.53. The zero-order chi connectivity index (χ0) is 27.5. The minimum absolute atomic E-state index is 0.212. The van der Waals surface area contributed by atoms with Gasteiger partial charge in [0.1, 0.15) is 11.6 Å². The molecule has 2 aliphatic carbocycles. The van der Waals surface area contributed by atoms with Crippen molar-refractivity contribution in [1.82, 2.24) is 20.4 Å². The van der Waals surface area contributed by atoms with Gasteiger partial charge in [0, 0.05) is 13.1 Å². The predicted molar refractivity (Wildman–Crippen MR) is 149 cm³/mol. The molecule has 4 aliphatic rings. The molecular formula is C29H48N6O4. The molecule has 0 aromatic heterocycles. The molecule has 2 N–H and O–H groups in total. The Morgan fingerprint density at radius 1 is 1.00 bits per heavy atom. The number of ether oxygens (including phenoxy) is 2. The van der Waals surface area contributed by atoms with Crippen molar-refractivity contribution < 1.29 is 19.1 Å². The Morgan fingerprint density at radius 3 is 2.33 bits per heavy atom. The van der Waals surface area contributed by atoms with Crippen LogP contribution in [0.5, 0.6) is 0 Å². The highest BCUT2D eigenvalue weighted by atomic mass is 16.5. The van der Waals surface area contributed by atoms with Crippen LogP contribution in [0.2, 0.25) is 0 Å². The number of hydrogen-bond acceptors (Lipinski definition) is 7. The zero-order valence-corrected chi connectivity index (χ0v) is 23.8. The molecule has 0 aromatic rings. The first kappa shape index (κ1) is 29.6. The van der Waals surface area contributed by atoms with Gasteiger partial charge in [-0.2, -0.15) is 5.26 Å². The van der Waals surface area contributed by atoms with Crippen molar-refractivity contribution in [2.24, 2.45) is 16.8 Å². The van der Waals surface area contributed by atoms with Gasteiger partial charge in [-0.15, -0.1) is 0 Å². The fraction of sp³-hybridized carbons (Fsp3) is 0.862. The summed E-state index contributed by atoms with van der Waals surface area (Å²) in [6, 6.07) is 1.73. The normalized spacial score (nSPS) is 24.4.